The van der Waals surface area contributed by atoms with Gasteiger partial charge in [-0.3, -0.25) is 4.90 Å². The number of carbonyl (C=O) groups is 1. The van der Waals surface area contributed by atoms with Crippen molar-refractivity contribution in [3.63, 3.8) is 0 Å². The molecule has 0 unspecified atom stereocenters. The Bertz CT molecular complexity index is 1400. The number of unbranched alkanes of at least 4 members (excludes halogenated alkanes) is 1. The number of benzene rings is 2. The van der Waals surface area contributed by atoms with Crippen LogP contribution in [0.2, 0.25) is 5.02 Å². The molecule has 1 aliphatic rings. The highest BCUT2D eigenvalue weighted by molar-refractivity contribution is 6.34. The highest BCUT2D eigenvalue weighted by Gasteiger charge is 2.19. The predicted molar refractivity (Wildman–Crippen MR) is 134 cm³/mol. The molecular formula is C26H26ClN3O4. The molecule has 8 heteroatoms. The van der Waals surface area contributed by atoms with Crippen molar-refractivity contribution in [2.24, 2.45) is 0 Å². The Balaban J connectivity index is 1.13. The van der Waals surface area contributed by atoms with E-state index in [9.17, 15) is 14.7 Å². The van der Waals surface area contributed by atoms with Crippen molar-refractivity contribution in [3.8, 4) is 0 Å². The van der Waals surface area contributed by atoms with Gasteiger partial charge < -0.3 is 19.4 Å². The van der Waals surface area contributed by atoms with Gasteiger partial charge in [-0.15, -0.1) is 0 Å². The van der Waals surface area contributed by atoms with Crippen molar-refractivity contribution in [1.82, 2.24) is 9.88 Å². The summed E-state index contributed by atoms with van der Waals surface area (Å²) >= 11 is 6.49. The van der Waals surface area contributed by atoms with E-state index in [0.717, 1.165) is 74.0 Å². The molecule has 0 amide bonds. The van der Waals surface area contributed by atoms with Crippen molar-refractivity contribution in [2.75, 3.05) is 37.6 Å². The van der Waals surface area contributed by atoms with Crippen LogP contribution in [0, 0.1) is 0 Å². The second-order valence-electron chi connectivity index (χ2n) is 8.76. The highest BCUT2D eigenvalue weighted by Crippen LogP contribution is 2.31. The van der Waals surface area contributed by atoms with E-state index in [1.807, 2.05) is 18.3 Å². The Kier molecular flexibility index (Phi) is 6.30. The maximum Gasteiger partial charge on any atom is 0.336 e. The molecule has 0 atom stereocenters. The number of anilines is 1. The minimum Gasteiger partial charge on any atom is -0.478 e. The number of aryl methyl sites for hydroxylation is 1. The number of piperazine rings is 1. The van der Waals surface area contributed by atoms with E-state index in [2.05, 4.69) is 14.8 Å². The number of aromatic amines is 1. The normalized spacial score (nSPS) is 14.8. The summed E-state index contributed by atoms with van der Waals surface area (Å²) in [6.07, 6.45) is 5.05. The summed E-state index contributed by atoms with van der Waals surface area (Å²) in [7, 11) is 0. The van der Waals surface area contributed by atoms with Crippen LogP contribution >= 0.6 is 11.6 Å². The number of H-pyrrole nitrogens is 1. The van der Waals surface area contributed by atoms with E-state index in [1.54, 1.807) is 24.3 Å². The zero-order valence-corrected chi connectivity index (χ0v) is 19.5. The third-order valence-corrected chi connectivity index (χ3v) is 6.89. The van der Waals surface area contributed by atoms with Gasteiger partial charge in [0.05, 0.1) is 16.3 Å². The summed E-state index contributed by atoms with van der Waals surface area (Å²) < 4.78 is 5.23. The number of halogens is 1. The fourth-order valence-electron chi connectivity index (χ4n) is 4.70. The molecule has 1 aliphatic heterocycles. The van der Waals surface area contributed by atoms with Crippen LogP contribution in [0.3, 0.4) is 0 Å². The second-order valence-corrected chi connectivity index (χ2v) is 9.17. The van der Waals surface area contributed by atoms with Gasteiger partial charge in [0.15, 0.2) is 0 Å². The van der Waals surface area contributed by atoms with Crippen LogP contribution in [0.5, 0.6) is 0 Å². The van der Waals surface area contributed by atoms with Crippen molar-refractivity contribution in [1.29, 1.82) is 0 Å². The number of hydrogen-bond donors (Lipinski definition) is 2. The molecule has 34 heavy (non-hydrogen) atoms. The third kappa shape index (κ3) is 4.67. The van der Waals surface area contributed by atoms with Crippen molar-refractivity contribution >= 4 is 45.1 Å². The first kappa shape index (κ1) is 22.5. The van der Waals surface area contributed by atoms with Crippen LogP contribution in [-0.2, 0) is 6.42 Å². The van der Waals surface area contributed by atoms with E-state index in [-0.39, 0.29) is 5.63 Å². The number of aromatic carboxylic acids is 1. The standard InChI is InChI=1S/C26H26ClN3O4/c27-21-15-24-17(5-7-25(31)34-24)14-23(21)30-11-9-29(10-12-30)8-2-1-3-19-16-28-22-6-4-18(26(32)33)13-20(19)22/h4-7,13-16,28H,1-3,8-12H2,(H,32,33). The average Bonchev–Trinajstić information content (AvgIpc) is 3.24. The van der Waals surface area contributed by atoms with Gasteiger partial charge in [0, 0.05) is 60.8 Å². The lowest BCUT2D eigenvalue weighted by molar-refractivity contribution is 0.0697. The molecule has 176 valence electrons. The van der Waals surface area contributed by atoms with Gasteiger partial charge in [0.2, 0.25) is 0 Å². The predicted octanol–water partition coefficient (Wildman–Crippen LogP) is 4.77. The van der Waals surface area contributed by atoms with Gasteiger partial charge in [-0.25, -0.2) is 9.59 Å². The molecule has 0 saturated carbocycles. The SMILES string of the molecule is O=C(O)c1ccc2[nH]cc(CCCCN3CCN(c4cc5ccc(=O)oc5cc4Cl)CC3)c2c1. The fourth-order valence-corrected chi connectivity index (χ4v) is 4.98. The second kappa shape index (κ2) is 9.52. The molecule has 1 saturated heterocycles. The number of nitrogens with zero attached hydrogens (tertiary/aromatic N) is 2. The minimum atomic E-state index is -0.898. The van der Waals surface area contributed by atoms with Crippen LogP contribution in [0.25, 0.3) is 21.9 Å². The Hall–Kier alpha value is -3.29. The third-order valence-electron chi connectivity index (χ3n) is 6.59. The molecule has 0 bridgehead atoms. The van der Waals surface area contributed by atoms with Gasteiger partial charge >= 0.3 is 11.6 Å². The van der Waals surface area contributed by atoms with E-state index in [4.69, 9.17) is 16.0 Å². The lowest BCUT2D eigenvalue weighted by Crippen LogP contribution is -2.46. The fraction of sp³-hybridized carbons (Fsp3) is 0.308. The molecule has 2 aromatic heterocycles. The Morgan fingerprint density at radius 2 is 1.88 bits per heavy atom. The smallest absolute Gasteiger partial charge is 0.336 e. The van der Waals surface area contributed by atoms with Gasteiger partial charge in [0.25, 0.3) is 0 Å². The molecule has 5 rings (SSSR count). The van der Waals surface area contributed by atoms with E-state index in [0.29, 0.717) is 16.2 Å². The summed E-state index contributed by atoms with van der Waals surface area (Å²) in [6.45, 7) is 4.75. The van der Waals surface area contributed by atoms with Gasteiger partial charge in [-0.05, 0) is 61.7 Å². The lowest BCUT2D eigenvalue weighted by Gasteiger charge is -2.36. The number of carboxylic acids is 1. The zero-order valence-electron chi connectivity index (χ0n) is 18.7. The molecule has 3 heterocycles. The molecule has 0 spiro atoms. The topological polar surface area (TPSA) is 89.8 Å². The number of fused-ring (bicyclic) bond motifs is 2. The molecule has 0 aliphatic carbocycles. The monoisotopic (exact) mass is 479 g/mol. The quantitative estimate of drug-likeness (QED) is 0.293. The van der Waals surface area contributed by atoms with Gasteiger partial charge in [0.1, 0.15) is 5.58 Å². The Labute approximate surface area is 201 Å². The number of hydrogen-bond acceptors (Lipinski definition) is 5. The van der Waals surface area contributed by atoms with Crippen LogP contribution < -0.4 is 10.5 Å². The maximum absolute atomic E-state index is 11.4. The molecular weight excluding hydrogens is 454 g/mol. The zero-order chi connectivity index (χ0) is 23.7. The van der Waals surface area contributed by atoms with Crippen molar-refractivity contribution < 1.29 is 14.3 Å². The number of rotatable bonds is 7. The first-order valence-corrected chi connectivity index (χ1v) is 11.9. The molecule has 4 aromatic rings. The molecule has 1 fully saturated rings. The highest BCUT2D eigenvalue weighted by atomic mass is 35.5. The van der Waals surface area contributed by atoms with Crippen LogP contribution in [0.15, 0.2) is 57.9 Å². The number of nitrogens with one attached hydrogen (secondary N) is 1. The van der Waals surface area contributed by atoms with Crippen LogP contribution in [0.4, 0.5) is 5.69 Å². The summed E-state index contributed by atoms with van der Waals surface area (Å²) in [5, 5.41) is 11.7. The Morgan fingerprint density at radius 1 is 1.06 bits per heavy atom. The van der Waals surface area contributed by atoms with Crippen LogP contribution in [-0.4, -0.2) is 53.7 Å². The summed E-state index contributed by atoms with van der Waals surface area (Å²) in [4.78, 5) is 30.7. The van der Waals surface area contributed by atoms with E-state index in [1.165, 1.54) is 11.6 Å². The summed E-state index contributed by atoms with van der Waals surface area (Å²) in [5.74, 6) is -0.898. The van der Waals surface area contributed by atoms with Gasteiger partial charge in [-0.2, -0.15) is 0 Å². The Morgan fingerprint density at radius 3 is 2.68 bits per heavy atom. The number of aromatic nitrogens is 1. The number of carboxylic acid groups (broad SMARTS) is 1. The lowest BCUT2D eigenvalue weighted by atomic mass is 10.0. The summed E-state index contributed by atoms with van der Waals surface area (Å²) in [6, 6.07) is 12.1. The van der Waals surface area contributed by atoms with E-state index < -0.39 is 5.97 Å². The largest absolute Gasteiger partial charge is 0.478 e. The average molecular weight is 480 g/mol. The maximum atomic E-state index is 11.4. The molecule has 2 aromatic carbocycles. The summed E-state index contributed by atoms with van der Waals surface area (Å²) in [5.41, 5.74) is 3.58. The first-order valence-electron chi connectivity index (χ1n) is 11.5. The first-order chi connectivity index (χ1) is 16.5. The molecule has 0 radical (unpaired) electrons. The minimum absolute atomic E-state index is 0.322. The molecule has 7 nitrogen and oxygen atoms in total. The molecule has 2 N–H and O–H groups in total. The van der Waals surface area contributed by atoms with Gasteiger partial charge in [-0.1, -0.05) is 11.6 Å². The van der Waals surface area contributed by atoms with Crippen molar-refractivity contribution in [3.05, 3.63) is 75.2 Å². The van der Waals surface area contributed by atoms with E-state index >= 15 is 0 Å². The van der Waals surface area contributed by atoms with Crippen molar-refractivity contribution in [2.45, 2.75) is 19.3 Å². The van der Waals surface area contributed by atoms with Crippen LogP contribution in [0.1, 0.15) is 28.8 Å².